The Balaban J connectivity index is 1.88. The van der Waals surface area contributed by atoms with Crippen LogP contribution in [0.15, 0.2) is 46.3 Å². The normalized spacial score (nSPS) is 16.6. The molecule has 0 spiro atoms. The summed E-state index contributed by atoms with van der Waals surface area (Å²) in [5.74, 6) is -1.41. The first-order valence-electron chi connectivity index (χ1n) is 7.86. The topological polar surface area (TPSA) is 111 Å². The summed E-state index contributed by atoms with van der Waals surface area (Å²) >= 11 is 1.13. The lowest BCUT2D eigenvalue weighted by atomic mass is 10.1. The second-order valence-electron chi connectivity index (χ2n) is 5.70. The van der Waals surface area contributed by atoms with Crippen LogP contribution in [0.4, 0.5) is 5.69 Å². The maximum absolute atomic E-state index is 12.2. The van der Waals surface area contributed by atoms with Crippen LogP contribution in [0.1, 0.15) is 21.5 Å². The summed E-state index contributed by atoms with van der Waals surface area (Å²) in [6.07, 6.45) is 1.63. The van der Waals surface area contributed by atoms with Crippen molar-refractivity contribution in [1.82, 2.24) is 5.32 Å². The molecule has 0 unspecified atom stereocenters. The Morgan fingerprint density at radius 2 is 2.07 bits per heavy atom. The standard InChI is InChI=1S/C19H16N2O5S/c1-10-3-5-12(18(24)25)9-13(10)20-19-21-17(23)16(27-19)8-11-4-6-14(22)15(7-11)26-2/h3-9,22H,1-2H3,(H,24,25)(H,20,21,23)/p-1/b16-8-. The quantitative estimate of drug-likeness (QED) is 0.785. The number of carbonyl (C=O) groups is 2. The summed E-state index contributed by atoms with van der Waals surface area (Å²) in [5.41, 5.74) is 2.02. The Labute approximate surface area is 159 Å². The lowest BCUT2D eigenvalue weighted by molar-refractivity contribution is -0.270. The SMILES string of the molecule is COc1cc(/C=C2\SC(=Nc3cc(C(=O)O)ccc3C)NC2=O)ccc1[O-]. The summed E-state index contributed by atoms with van der Waals surface area (Å²) in [6.45, 7) is 1.81. The average molecular weight is 383 g/mol. The minimum atomic E-state index is -1.05. The third-order valence-corrected chi connectivity index (χ3v) is 4.72. The van der Waals surface area contributed by atoms with Crippen LogP contribution in [0.2, 0.25) is 0 Å². The van der Waals surface area contributed by atoms with Gasteiger partial charge in [-0.05, 0) is 54.1 Å². The van der Waals surface area contributed by atoms with Gasteiger partial charge in [0.25, 0.3) is 5.91 Å². The van der Waals surface area contributed by atoms with Crippen molar-refractivity contribution in [2.75, 3.05) is 7.11 Å². The van der Waals surface area contributed by atoms with Crippen LogP contribution < -0.4 is 15.2 Å². The molecule has 1 heterocycles. The van der Waals surface area contributed by atoms with Gasteiger partial charge in [0.1, 0.15) is 5.75 Å². The molecule has 1 aliphatic heterocycles. The van der Waals surface area contributed by atoms with Gasteiger partial charge in [-0.1, -0.05) is 23.9 Å². The Hall–Kier alpha value is -3.26. The number of nitrogens with zero attached hydrogens (tertiary/aromatic N) is 1. The van der Waals surface area contributed by atoms with Crippen LogP contribution in [-0.2, 0) is 4.79 Å². The zero-order valence-corrected chi connectivity index (χ0v) is 15.3. The number of rotatable bonds is 4. The van der Waals surface area contributed by atoms with Crippen molar-refractivity contribution in [2.45, 2.75) is 6.92 Å². The zero-order chi connectivity index (χ0) is 19.6. The number of carbonyl (C=O) groups excluding carboxylic acids is 1. The van der Waals surface area contributed by atoms with E-state index in [-0.39, 0.29) is 23.0 Å². The van der Waals surface area contributed by atoms with E-state index >= 15 is 0 Å². The van der Waals surface area contributed by atoms with E-state index in [9.17, 15) is 14.7 Å². The largest absolute Gasteiger partial charge is 0.870 e. The van der Waals surface area contributed by atoms with E-state index in [0.29, 0.717) is 21.3 Å². The molecular weight excluding hydrogens is 368 g/mol. The molecule has 8 heteroatoms. The zero-order valence-electron chi connectivity index (χ0n) is 14.5. The third-order valence-electron chi connectivity index (χ3n) is 3.81. The fraction of sp³-hybridized carbons (Fsp3) is 0.105. The summed E-state index contributed by atoms with van der Waals surface area (Å²) < 4.78 is 5.00. The van der Waals surface area contributed by atoms with Crippen molar-refractivity contribution in [2.24, 2.45) is 4.99 Å². The van der Waals surface area contributed by atoms with Crippen LogP contribution in [0.3, 0.4) is 0 Å². The van der Waals surface area contributed by atoms with Crippen molar-refractivity contribution in [3.8, 4) is 11.5 Å². The first-order valence-corrected chi connectivity index (χ1v) is 8.67. The molecule has 0 bridgehead atoms. The fourth-order valence-electron chi connectivity index (χ4n) is 2.38. The van der Waals surface area contributed by atoms with Crippen LogP contribution >= 0.6 is 11.8 Å². The maximum atomic E-state index is 12.2. The number of carboxylic acids is 1. The molecule has 2 aromatic rings. The highest BCUT2D eigenvalue weighted by Crippen LogP contribution is 2.31. The van der Waals surface area contributed by atoms with Crippen LogP contribution in [0.25, 0.3) is 6.08 Å². The van der Waals surface area contributed by atoms with Crippen molar-refractivity contribution in [3.05, 3.63) is 58.0 Å². The van der Waals surface area contributed by atoms with Gasteiger partial charge in [0.2, 0.25) is 0 Å². The first-order chi connectivity index (χ1) is 12.9. The van der Waals surface area contributed by atoms with E-state index in [1.807, 2.05) is 0 Å². The second-order valence-corrected chi connectivity index (χ2v) is 6.73. The fourth-order valence-corrected chi connectivity index (χ4v) is 3.21. The number of aromatic carboxylic acids is 1. The van der Waals surface area contributed by atoms with Crippen molar-refractivity contribution < 1.29 is 24.5 Å². The molecule has 1 aliphatic rings. The molecular formula is C19H15N2O5S-. The first kappa shape index (κ1) is 18.5. The van der Waals surface area contributed by atoms with Gasteiger partial charge in [0.05, 0.1) is 23.3 Å². The van der Waals surface area contributed by atoms with Gasteiger partial charge < -0.3 is 20.3 Å². The Bertz CT molecular complexity index is 998. The van der Waals surface area contributed by atoms with Gasteiger partial charge in [0.15, 0.2) is 5.17 Å². The molecule has 0 atom stereocenters. The smallest absolute Gasteiger partial charge is 0.335 e. The Morgan fingerprint density at radius 3 is 2.78 bits per heavy atom. The van der Waals surface area contributed by atoms with Crippen molar-refractivity contribution in [1.29, 1.82) is 0 Å². The molecule has 1 saturated heterocycles. The summed E-state index contributed by atoms with van der Waals surface area (Å²) in [5, 5.41) is 23.7. The Kier molecular flexibility index (Phi) is 5.18. The molecule has 0 aliphatic carbocycles. The number of amides is 1. The minimum Gasteiger partial charge on any atom is -0.870 e. The van der Waals surface area contributed by atoms with E-state index in [4.69, 9.17) is 9.84 Å². The Morgan fingerprint density at radius 1 is 1.30 bits per heavy atom. The molecule has 2 N–H and O–H groups in total. The number of aliphatic imine (C=N–C) groups is 1. The molecule has 138 valence electrons. The molecule has 1 fully saturated rings. The highest BCUT2D eigenvalue weighted by Gasteiger charge is 2.24. The molecule has 27 heavy (non-hydrogen) atoms. The number of carboxylic acid groups (broad SMARTS) is 1. The second kappa shape index (κ2) is 7.55. The monoisotopic (exact) mass is 383 g/mol. The average Bonchev–Trinajstić information content (AvgIpc) is 2.97. The van der Waals surface area contributed by atoms with E-state index in [0.717, 1.165) is 17.3 Å². The summed E-state index contributed by atoms with van der Waals surface area (Å²) in [6, 6.07) is 9.15. The van der Waals surface area contributed by atoms with Gasteiger partial charge in [-0.25, -0.2) is 9.79 Å². The number of amidine groups is 1. The number of nitrogens with one attached hydrogen (secondary N) is 1. The third kappa shape index (κ3) is 4.12. The van der Waals surface area contributed by atoms with Crippen LogP contribution in [-0.4, -0.2) is 29.3 Å². The van der Waals surface area contributed by atoms with Gasteiger partial charge in [0, 0.05) is 0 Å². The van der Waals surface area contributed by atoms with Gasteiger partial charge >= 0.3 is 5.97 Å². The number of hydrogen-bond acceptors (Lipinski definition) is 6. The van der Waals surface area contributed by atoms with Crippen LogP contribution in [0, 0.1) is 6.92 Å². The molecule has 0 aromatic heterocycles. The molecule has 7 nitrogen and oxygen atoms in total. The van der Waals surface area contributed by atoms with Gasteiger partial charge in [-0.3, -0.25) is 4.79 Å². The lowest BCUT2D eigenvalue weighted by Gasteiger charge is -2.12. The van der Waals surface area contributed by atoms with E-state index in [2.05, 4.69) is 10.3 Å². The number of ether oxygens (including phenoxy) is 1. The number of benzene rings is 2. The van der Waals surface area contributed by atoms with Gasteiger partial charge in [-0.15, -0.1) is 0 Å². The number of methoxy groups -OCH3 is 1. The highest BCUT2D eigenvalue weighted by molar-refractivity contribution is 8.18. The number of hydrogen-bond donors (Lipinski definition) is 2. The minimum absolute atomic E-state index is 0.120. The van der Waals surface area contributed by atoms with E-state index in [1.54, 1.807) is 31.2 Å². The molecule has 2 aromatic carbocycles. The predicted molar refractivity (Wildman–Crippen MR) is 101 cm³/mol. The predicted octanol–water partition coefficient (Wildman–Crippen LogP) is 2.67. The van der Waals surface area contributed by atoms with E-state index in [1.165, 1.54) is 25.3 Å². The van der Waals surface area contributed by atoms with Gasteiger partial charge in [-0.2, -0.15) is 0 Å². The maximum Gasteiger partial charge on any atom is 0.335 e. The molecule has 3 rings (SSSR count). The van der Waals surface area contributed by atoms with Crippen molar-refractivity contribution >= 4 is 40.6 Å². The molecule has 1 amide bonds. The van der Waals surface area contributed by atoms with Crippen LogP contribution in [0.5, 0.6) is 11.5 Å². The summed E-state index contributed by atoms with van der Waals surface area (Å²) in [4.78, 5) is 28.1. The van der Waals surface area contributed by atoms with E-state index < -0.39 is 5.97 Å². The van der Waals surface area contributed by atoms with Crippen molar-refractivity contribution in [3.63, 3.8) is 0 Å². The molecule has 0 saturated carbocycles. The lowest BCUT2D eigenvalue weighted by Crippen LogP contribution is -2.19. The highest BCUT2D eigenvalue weighted by atomic mass is 32.2. The summed E-state index contributed by atoms with van der Waals surface area (Å²) in [7, 11) is 1.41. The number of thioether (sulfide) groups is 1. The molecule has 0 radical (unpaired) electrons. The number of aryl methyl sites for hydroxylation is 1.